The van der Waals surface area contributed by atoms with Crippen LogP contribution in [0.3, 0.4) is 0 Å². The minimum absolute atomic E-state index is 0.136. The number of anilines is 1. The first-order valence-electron chi connectivity index (χ1n) is 5.49. The number of nitrogens with two attached hydrogens (primary N) is 1. The summed E-state index contributed by atoms with van der Waals surface area (Å²) >= 11 is 1.36. The Morgan fingerprint density at radius 1 is 1.50 bits per heavy atom. The van der Waals surface area contributed by atoms with Crippen molar-refractivity contribution < 1.29 is 14.3 Å². The van der Waals surface area contributed by atoms with Crippen LogP contribution in [0.25, 0.3) is 0 Å². The molecule has 7 nitrogen and oxygen atoms in total. The molecule has 0 atom stereocenters. The molecule has 0 saturated carbocycles. The Hall–Kier alpha value is -1.83. The van der Waals surface area contributed by atoms with E-state index in [0.29, 0.717) is 24.7 Å². The number of nitrogens with one attached hydrogen (secondary N) is 2. The smallest absolute Gasteiger partial charge is 0.325 e. The highest BCUT2D eigenvalue weighted by Gasteiger charge is 2.05. The molecule has 0 bridgehead atoms. The molecule has 0 aliphatic rings. The van der Waals surface area contributed by atoms with E-state index in [1.54, 1.807) is 6.92 Å². The van der Waals surface area contributed by atoms with Crippen molar-refractivity contribution in [3.8, 4) is 0 Å². The van der Waals surface area contributed by atoms with Crippen molar-refractivity contribution in [2.75, 3.05) is 25.4 Å². The highest BCUT2D eigenvalue weighted by Crippen LogP contribution is 2.10. The average molecular weight is 272 g/mol. The van der Waals surface area contributed by atoms with Gasteiger partial charge in [0.05, 0.1) is 12.3 Å². The Kier molecular flexibility index (Phi) is 5.92. The minimum atomic E-state index is -0.458. The summed E-state index contributed by atoms with van der Waals surface area (Å²) in [5.74, 6) is -0.458. The number of carbonyl (C=O) groups is 2. The van der Waals surface area contributed by atoms with Crippen molar-refractivity contribution >= 4 is 28.5 Å². The number of hydrogen-bond donors (Lipinski definition) is 3. The molecule has 100 valence electrons. The number of rotatable bonds is 6. The largest absolute Gasteiger partial charge is 0.465 e. The first-order chi connectivity index (χ1) is 8.61. The van der Waals surface area contributed by atoms with Crippen molar-refractivity contribution in [3.63, 3.8) is 0 Å². The summed E-state index contributed by atoms with van der Waals surface area (Å²) < 4.78 is 4.66. The topological polar surface area (TPSA) is 106 Å². The summed E-state index contributed by atoms with van der Waals surface area (Å²) in [7, 11) is 0. The Balaban J connectivity index is 2.12. The average Bonchev–Trinajstić information content (AvgIpc) is 2.73. The van der Waals surface area contributed by atoms with Gasteiger partial charge in [-0.2, -0.15) is 0 Å². The predicted molar refractivity (Wildman–Crippen MR) is 68.3 cm³/mol. The van der Waals surface area contributed by atoms with Crippen LogP contribution in [0.15, 0.2) is 5.38 Å². The number of esters is 1. The van der Waals surface area contributed by atoms with Crippen molar-refractivity contribution in [2.24, 2.45) is 0 Å². The standard InChI is InChI=1S/C10H16N4O3S/c1-2-17-8(15)5-13-10(16)12-4-3-7-6-18-9(11)14-7/h6H,2-5H2,1H3,(H2,11,14)(H2,12,13,16). The van der Waals surface area contributed by atoms with Gasteiger partial charge in [0.25, 0.3) is 0 Å². The van der Waals surface area contributed by atoms with Gasteiger partial charge in [0.2, 0.25) is 0 Å². The molecule has 0 spiro atoms. The van der Waals surface area contributed by atoms with E-state index in [2.05, 4.69) is 20.4 Å². The number of carbonyl (C=O) groups excluding carboxylic acids is 2. The van der Waals surface area contributed by atoms with Gasteiger partial charge in [-0.15, -0.1) is 11.3 Å². The third kappa shape index (κ3) is 5.48. The highest BCUT2D eigenvalue weighted by molar-refractivity contribution is 7.13. The number of thiazole rings is 1. The van der Waals surface area contributed by atoms with Crippen LogP contribution in [0.5, 0.6) is 0 Å². The molecule has 0 aromatic carbocycles. The molecule has 8 heteroatoms. The van der Waals surface area contributed by atoms with Crippen LogP contribution in [0, 0.1) is 0 Å². The summed E-state index contributed by atoms with van der Waals surface area (Å²) in [5, 5.41) is 7.35. The molecule has 18 heavy (non-hydrogen) atoms. The van der Waals surface area contributed by atoms with E-state index in [9.17, 15) is 9.59 Å². The van der Waals surface area contributed by atoms with E-state index in [1.165, 1.54) is 11.3 Å². The second-order valence-electron chi connectivity index (χ2n) is 3.34. The lowest BCUT2D eigenvalue weighted by atomic mass is 10.3. The van der Waals surface area contributed by atoms with Crippen molar-refractivity contribution in [1.29, 1.82) is 0 Å². The van der Waals surface area contributed by atoms with Crippen LogP contribution in [0.2, 0.25) is 0 Å². The molecule has 1 aromatic rings. The Morgan fingerprint density at radius 3 is 2.89 bits per heavy atom. The van der Waals surface area contributed by atoms with E-state index in [-0.39, 0.29) is 6.54 Å². The molecule has 4 N–H and O–H groups in total. The lowest BCUT2D eigenvalue weighted by Crippen LogP contribution is -2.39. The number of amides is 2. The molecule has 0 fully saturated rings. The zero-order valence-corrected chi connectivity index (χ0v) is 10.9. The summed E-state index contributed by atoms with van der Waals surface area (Å²) in [6.45, 7) is 2.30. The molecule has 0 radical (unpaired) electrons. The maximum absolute atomic E-state index is 11.3. The molecule has 2 amide bonds. The summed E-state index contributed by atoms with van der Waals surface area (Å²) in [4.78, 5) is 26.3. The fourth-order valence-corrected chi connectivity index (χ4v) is 1.77. The van der Waals surface area contributed by atoms with Gasteiger partial charge in [-0.3, -0.25) is 4.79 Å². The predicted octanol–water partition coefficient (Wildman–Crippen LogP) is 0.130. The maximum Gasteiger partial charge on any atom is 0.325 e. The quantitative estimate of drug-likeness (QED) is 0.638. The van der Waals surface area contributed by atoms with Crippen LogP contribution in [0.4, 0.5) is 9.93 Å². The first kappa shape index (κ1) is 14.2. The number of aromatic nitrogens is 1. The number of nitrogen functional groups attached to an aromatic ring is 1. The molecule has 1 aromatic heterocycles. The molecular formula is C10H16N4O3S. The summed E-state index contributed by atoms with van der Waals surface area (Å²) in [5.41, 5.74) is 6.31. The molecule has 0 aliphatic heterocycles. The molecule has 0 saturated heterocycles. The Labute approximate surface area is 109 Å². The molecule has 1 heterocycles. The third-order valence-electron chi connectivity index (χ3n) is 1.93. The van der Waals surface area contributed by atoms with E-state index in [4.69, 9.17) is 5.73 Å². The second kappa shape index (κ2) is 7.49. The van der Waals surface area contributed by atoms with E-state index < -0.39 is 12.0 Å². The zero-order valence-electron chi connectivity index (χ0n) is 10.1. The van der Waals surface area contributed by atoms with Gasteiger partial charge in [-0.1, -0.05) is 0 Å². The van der Waals surface area contributed by atoms with Crippen molar-refractivity contribution in [3.05, 3.63) is 11.1 Å². The van der Waals surface area contributed by atoms with Crippen LogP contribution in [-0.4, -0.2) is 36.7 Å². The van der Waals surface area contributed by atoms with E-state index in [0.717, 1.165) is 5.69 Å². The van der Waals surface area contributed by atoms with Gasteiger partial charge in [-0.05, 0) is 6.92 Å². The SMILES string of the molecule is CCOC(=O)CNC(=O)NCCc1csc(N)n1. The van der Waals surface area contributed by atoms with E-state index >= 15 is 0 Å². The van der Waals surface area contributed by atoms with Crippen LogP contribution in [-0.2, 0) is 16.0 Å². The lowest BCUT2D eigenvalue weighted by Gasteiger charge is -2.06. The van der Waals surface area contributed by atoms with Crippen LogP contribution < -0.4 is 16.4 Å². The normalized spacial score (nSPS) is 9.83. The monoisotopic (exact) mass is 272 g/mol. The van der Waals surface area contributed by atoms with Crippen LogP contribution >= 0.6 is 11.3 Å². The maximum atomic E-state index is 11.3. The summed E-state index contributed by atoms with van der Waals surface area (Å²) in [6, 6.07) is -0.411. The Morgan fingerprint density at radius 2 is 2.28 bits per heavy atom. The van der Waals surface area contributed by atoms with Crippen LogP contribution in [0.1, 0.15) is 12.6 Å². The molecule has 0 unspecified atom stereocenters. The summed E-state index contributed by atoms with van der Waals surface area (Å²) in [6.07, 6.45) is 0.598. The highest BCUT2D eigenvalue weighted by atomic mass is 32.1. The van der Waals surface area contributed by atoms with Crippen molar-refractivity contribution in [1.82, 2.24) is 15.6 Å². The molecule has 1 rings (SSSR count). The van der Waals surface area contributed by atoms with Gasteiger partial charge in [0.1, 0.15) is 6.54 Å². The van der Waals surface area contributed by atoms with Gasteiger partial charge in [0.15, 0.2) is 5.13 Å². The minimum Gasteiger partial charge on any atom is -0.465 e. The third-order valence-corrected chi connectivity index (χ3v) is 2.66. The lowest BCUT2D eigenvalue weighted by molar-refractivity contribution is -0.141. The second-order valence-corrected chi connectivity index (χ2v) is 4.23. The molecule has 0 aliphatic carbocycles. The van der Waals surface area contributed by atoms with Crippen molar-refractivity contribution in [2.45, 2.75) is 13.3 Å². The Bertz CT molecular complexity index is 408. The number of nitrogens with zero attached hydrogens (tertiary/aromatic N) is 1. The molecular weight excluding hydrogens is 256 g/mol. The van der Waals surface area contributed by atoms with Gasteiger partial charge < -0.3 is 21.1 Å². The zero-order chi connectivity index (χ0) is 13.4. The van der Waals surface area contributed by atoms with Gasteiger partial charge in [-0.25, -0.2) is 9.78 Å². The fourth-order valence-electron chi connectivity index (χ4n) is 1.17. The van der Waals surface area contributed by atoms with E-state index in [1.807, 2.05) is 5.38 Å². The number of hydrogen-bond acceptors (Lipinski definition) is 6. The van der Waals surface area contributed by atoms with Gasteiger partial charge >= 0.3 is 12.0 Å². The van der Waals surface area contributed by atoms with Gasteiger partial charge in [0, 0.05) is 18.3 Å². The number of ether oxygens (including phenoxy) is 1. The fraction of sp³-hybridized carbons (Fsp3) is 0.500. The number of urea groups is 1. The first-order valence-corrected chi connectivity index (χ1v) is 6.37.